The van der Waals surface area contributed by atoms with E-state index in [2.05, 4.69) is 41.1 Å². The van der Waals surface area contributed by atoms with Crippen molar-refractivity contribution < 1.29 is 5.11 Å². The van der Waals surface area contributed by atoms with Crippen LogP contribution in [0.15, 0.2) is 24.3 Å². The standard InChI is InChI=1S/C18H24N2O/c1-2-17(21)12-7-9-20-10-8-14-13-5-3-4-6-15(13)19-18(14)16(20)11-12/h3-6,12,16-17,19,21H,2,7-11H2,1H3. The van der Waals surface area contributed by atoms with E-state index in [1.54, 1.807) is 0 Å². The maximum absolute atomic E-state index is 10.2. The Bertz CT molecular complexity index is 648. The molecular formula is C18H24N2O. The van der Waals surface area contributed by atoms with Gasteiger partial charge in [0.05, 0.1) is 12.1 Å². The van der Waals surface area contributed by atoms with Crippen molar-refractivity contribution in [3.63, 3.8) is 0 Å². The molecule has 0 saturated carbocycles. The van der Waals surface area contributed by atoms with Crippen LogP contribution in [0.5, 0.6) is 0 Å². The van der Waals surface area contributed by atoms with Gasteiger partial charge in [-0.05, 0) is 49.8 Å². The topological polar surface area (TPSA) is 39.3 Å². The summed E-state index contributed by atoms with van der Waals surface area (Å²) in [5, 5.41) is 11.6. The fourth-order valence-electron chi connectivity index (χ4n) is 4.32. The lowest BCUT2D eigenvalue weighted by atomic mass is 9.81. The van der Waals surface area contributed by atoms with Crippen molar-refractivity contribution >= 4 is 10.9 Å². The lowest BCUT2D eigenvalue weighted by molar-refractivity contribution is 0.0236. The molecule has 3 atom stereocenters. The minimum Gasteiger partial charge on any atom is -0.393 e. The molecule has 0 bridgehead atoms. The summed E-state index contributed by atoms with van der Waals surface area (Å²) in [6.07, 6.45) is 4.12. The van der Waals surface area contributed by atoms with E-state index in [0.717, 1.165) is 38.8 Å². The van der Waals surface area contributed by atoms with Crippen molar-refractivity contribution in [3.05, 3.63) is 35.5 Å². The van der Waals surface area contributed by atoms with Gasteiger partial charge in [0.25, 0.3) is 0 Å². The Morgan fingerprint density at radius 1 is 1.33 bits per heavy atom. The Kier molecular flexibility index (Phi) is 3.27. The zero-order valence-corrected chi connectivity index (χ0v) is 12.7. The molecule has 3 heteroatoms. The largest absolute Gasteiger partial charge is 0.393 e. The molecule has 1 saturated heterocycles. The number of nitrogens with zero attached hydrogens (tertiary/aromatic N) is 1. The Hall–Kier alpha value is -1.32. The van der Waals surface area contributed by atoms with Gasteiger partial charge in [-0.3, -0.25) is 4.90 Å². The van der Waals surface area contributed by atoms with Crippen molar-refractivity contribution in [1.29, 1.82) is 0 Å². The van der Waals surface area contributed by atoms with Crippen molar-refractivity contribution in [2.24, 2.45) is 5.92 Å². The van der Waals surface area contributed by atoms with Crippen LogP contribution < -0.4 is 0 Å². The molecule has 3 unspecified atom stereocenters. The van der Waals surface area contributed by atoms with E-state index in [1.807, 2.05) is 0 Å². The molecule has 3 nitrogen and oxygen atoms in total. The van der Waals surface area contributed by atoms with E-state index in [-0.39, 0.29) is 6.10 Å². The van der Waals surface area contributed by atoms with Crippen LogP contribution in [0.4, 0.5) is 0 Å². The quantitative estimate of drug-likeness (QED) is 0.888. The molecule has 2 aromatic rings. The van der Waals surface area contributed by atoms with E-state index in [9.17, 15) is 5.11 Å². The van der Waals surface area contributed by atoms with Gasteiger partial charge >= 0.3 is 0 Å². The van der Waals surface area contributed by atoms with Crippen LogP contribution in [-0.4, -0.2) is 34.2 Å². The number of para-hydroxylation sites is 1. The Labute approximate surface area is 126 Å². The van der Waals surface area contributed by atoms with Crippen molar-refractivity contribution in [1.82, 2.24) is 9.88 Å². The first kappa shape index (κ1) is 13.4. The third-order valence-corrected chi connectivity index (χ3v) is 5.55. The van der Waals surface area contributed by atoms with Gasteiger partial charge in [0.15, 0.2) is 0 Å². The highest BCUT2D eigenvalue weighted by Gasteiger charge is 2.37. The predicted molar refractivity (Wildman–Crippen MR) is 85.3 cm³/mol. The number of aromatic nitrogens is 1. The molecule has 0 amide bonds. The number of aromatic amines is 1. The normalized spacial score (nSPS) is 27.3. The van der Waals surface area contributed by atoms with E-state index in [1.165, 1.54) is 22.2 Å². The summed E-state index contributed by atoms with van der Waals surface area (Å²) in [6, 6.07) is 9.13. The first-order valence-corrected chi connectivity index (χ1v) is 8.29. The molecule has 21 heavy (non-hydrogen) atoms. The van der Waals surface area contributed by atoms with Crippen molar-refractivity contribution in [2.75, 3.05) is 13.1 Å². The molecule has 112 valence electrons. The lowest BCUT2D eigenvalue weighted by Gasteiger charge is -2.43. The number of benzene rings is 1. The maximum atomic E-state index is 10.2. The minimum atomic E-state index is -0.137. The van der Waals surface area contributed by atoms with Crippen molar-refractivity contribution in [3.8, 4) is 0 Å². The van der Waals surface area contributed by atoms with Crippen LogP contribution in [0.3, 0.4) is 0 Å². The average molecular weight is 284 g/mol. The average Bonchev–Trinajstić information content (AvgIpc) is 2.92. The Morgan fingerprint density at radius 3 is 3.05 bits per heavy atom. The molecule has 0 aliphatic carbocycles. The first-order chi connectivity index (χ1) is 10.3. The van der Waals surface area contributed by atoms with Crippen LogP contribution in [0.25, 0.3) is 10.9 Å². The number of fused-ring (bicyclic) bond motifs is 5. The highest BCUT2D eigenvalue weighted by atomic mass is 16.3. The molecule has 1 aromatic carbocycles. The SMILES string of the molecule is CCC(O)C1CCN2CCc3c([nH]c4ccccc34)C2C1. The summed E-state index contributed by atoms with van der Waals surface area (Å²) >= 11 is 0. The molecular weight excluding hydrogens is 260 g/mol. The van der Waals surface area contributed by atoms with E-state index in [0.29, 0.717) is 12.0 Å². The van der Waals surface area contributed by atoms with Gasteiger partial charge in [0.2, 0.25) is 0 Å². The summed E-state index contributed by atoms with van der Waals surface area (Å²) in [7, 11) is 0. The fourth-order valence-corrected chi connectivity index (χ4v) is 4.32. The Balaban J connectivity index is 1.72. The van der Waals surface area contributed by atoms with Gasteiger partial charge < -0.3 is 10.1 Å². The van der Waals surface area contributed by atoms with Crippen LogP contribution in [0.1, 0.15) is 43.5 Å². The zero-order valence-electron chi connectivity index (χ0n) is 12.7. The van der Waals surface area contributed by atoms with Crippen LogP contribution in [0, 0.1) is 5.92 Å². The highest BCUT2D eigenvalue weighted by Crippen LogP contribution is 2.42. The number of H-pyrrole nitrogens is 1. The summed E-state index contributed by atoms with van der Waals surface area (Å²) in [5.41, 5.74) is 4.19. The fraction of sp³-hybridized carbons (Fsp3) is 0.556. The van der Waals surface area contributed by atoms with Gasteiger partial charge in [-0.1, -0.05) is 25.1 Å². The summed E-state index contributed by atoms with van der Waals surface area (Å²) in [5.74, 6) is 0.452. The van der Waals surface area contributed by atoms with Crippen LogP contribution in [0.2, 0.25) is 0 Å². The highest BCUT2D eigenvalue weighted by molar-refractivity contribution is 5.85. The minimum absolute atomic E-state index is 0.137. The molecule has 4 rings (SSSR count). The monoisotopic (exact) mass is 284 g/mol. The molecule has 1 aromatic heterocycles. The second-order valence-corrected chi connectivity index (χ2v) is 6.62. The number of aliphatic hydroxyl groups excluding tert-OH is 1. The molecule has 2 aliphatic heterocycles. The number of rotatable bonds is 2. The second-order valence-electron chi connectivity index (χ2n) is 6.62. The van der Waals surface area contributed by atoms with Crippen LogP contribution >= 0.6 is 0 Å². The maximum Gasteiger partial charge on any atom is 0.0567 e. The molecule has 0 radical (unpaired) electrons. The first-order valence-electron chi connectivity index (χ1n) is 8.29. The summed E-state index contributed by atoms with van der Waals surface area (Å²) in [4.78, 5) is 6.28. The van der Waals surface area contributed by atoms with E-state index < -0.39 is 0 Å². The molecule has 2 N–H and O–H groups in total. The van der Waals surface area contributed by atoms with Gasteiger partial charge in [-0.2, -0.15) is 0 Å². The molecule has 1 fully saturated rings. The smallest absolute Gasteiger partial charge is 0.0567 e. The lowest BCUT2D eigenvalue weighted by Crippen LogP contribution is -2.43. The number of aliphatic hydroxyl groups is 1. The second kappa shape index (κ2) is 5.15. The third kappa shape index (κ3) is 2.11. The van der Waals surface area contributed by atoms with E-state index in [4.69, 9.17) is 0 Å². The van der Waals surface area contributed by atoms with Gasteiger partial charge in [-0.15, -0.1) is 0 Å². The van der Waals surface area contributed by atoms with Crippen molar-refractivity contribution in [2.45, 2.75) is 44.8 Å². The third-order valence-electron chi connectivity index (χ3n) is 5.55. The van der Waals surface area contributed by atoms with Gasteiger partial charge in [0.1, 0.15) is 0 Å². The molecule has 2 aliphatic rings. The summed E-state index contributed by atoms with van der Waals surface area (Å²) in [6.45, 7) is 4.38. The van der Waals surface area contributed by atoms with E-state index >= 15 is 0 Å². The number of hydrogen-bond donors (Lipinski definition) is 2. The molecule has 0 spiro atoms. The zero-order chi connectivity index (χ0) is 14.4. The molecule has 3 heterocycles. The number of nitrogens with one attached hydrogen (secondary N) is 1. The number of hydrogen-bond acceptors (Lipinski definition) is 2. The predicted octanol–water partition coefficient (Wildman–Crippen LogP) is 3.25. The van der Waals surface area contributed by atoms with Gasteiger partial charge in [0, 0.05) is 23.1 Å². The van der Waals surface area contributed by atoms with Gasteiger partial charge in [-0.25, -0.2) is 0 Å². The number of piperidine rings is 1. The summed E-state index contributed by atoms with van der Waals surface area (Å²) < 4.78 is 0. The Morgan fingerprint density at radius 2 is 2.19 bits per heavy atom. The van der Waals surface area contributed by atoms with Crippen LogP contribution in [-0.2, 0) is 6.42 Å².